The Kier molecular flexibility index (Phi) is 18.0. The molecular weight excluding hydrogens is 316 g/mol. The largest absolute Gasteiger partial charge is 0.481 e. The van der Waals surface area contributed by atoms with Gasteiger partial charge in [-0.1, -0.05) is 90.0 Å². The molecule has 0 heterocycles. The van der Waals surface area contributed by atoms with E-state index in [4.69, 9.17) is 5.11 Å². The van der Waals surface area contributed by atoms with Crippen LogP contribution in [0.2, 0.25) is 0 Å². The molecule has 146 valence electrons. The fourth-order valence-corrected chi connectivity index (χ4v) is 3.00. The molecule has 0 aliphatic heterocycles. The monoisotopic (exact) mass is 354 g/mol. The number of rotatable bonds is 19. The first-order chi connectivity index (χ1) is 12.2. The number of carboxylic acid groups (broad SMARTS) is 1. The fraction of sp³-hybridized carbons (Fsp3) is 0.810. The fourth-order valence-electron chi connectivity index (χ4n) is 3.00. The standard InChI is InChI=1S/C21H38O4/c1-2-25-21(24)19-17-15-13-11-9-7-5-3-4-6-8-10-12-14-16-18-20(22)23/h2H,1,3-19H2,(H,22,23). The second-order valence-corrected chi connectivity index (χ2v) is 6.85. The molecule has 0 saturated heterocycles. The highest BCUT2D eigenvalue weighted by Gasteiger charge is 2.00. The number of carbonyl (C=O) groups excluding carboxylic acids is 1. The van der Waals surface area contributed by atoms with Gasteiger partial charge < -0.3 is 9.84 Å². The third-order valence-corrected chi connectivity index (χ3v) is 4.49. The van der Waals surface area contributed by atoms with E-state index in [9.17, 15) is 9.59 Å². The maximum absolute atomic E-state index is 11.1. The third-order valence-electron chi connectivity index (χ3n) is 4.49. The van der Waals surface area contributed by atoms with Crippen LogP contribution in [0.15, 0.2) is 12.8 Å². The van der Waals surface area contributed by atoms with Gasteiger partial charge in [0, 0.05) is 12.8 Å². The normalized spacial score (nSPS) is 10.6. The number of carboxylic acids is 1. The van der Waals surface area contributed by atoms with Crippen molar-refractivity contribution in [3.8, 4) is 0 Å². The Morgan fingerprint density at radius 2 is 0.960 bits per heavy atom. The summed E-state index contributed by atoms with van der Waals surface area (Å²) < 4.78 is 4.68. The van der Waals surface area contributed by atoms with Gasteiger partial charge in [0.25, 0.3) is 0 Å². The van der Waals surface area contributed by atoms with Crippen LogP contribution < -0.4 is 0 Å². The van der Waals surface area contributed by atoms with E-state index in [1.807, 2.05) is 0 Å². The molecule has 4 heteroatoms. The van der Waals surface area contributed by atoms with Crippen molar-refractivity contribution < 1.29 is 19.4 Å². The van der Waals surface area contributed by atoms with E-state index < -0.39 is 5.97 Å². The van der Waals surface area contributed by atoms with Crippen molar-refractivity contribution in [3.05, 3.63) is 12.8 Å². The van der Waals surface area contributed by atoms with Gasteiger partial charge >= 0.3 is 11.9 Å². The number of aliphatic carboxylic acids is 1. The minimum absolute atomic E-state index is 0.171. The molecule has 0 aromatic carbocycles. The van der Waals surface area contributed by atoms with Gasteiger partial charge in [-0.15, -0.1) is 0 Å². The summed E-state index contributed by atoms with van der Waals surface area (Å²) in [6.07, 6.45) is 20.1. The van der Waals surface area contributed by atoms with Gasteiger partial charge in [0.05, 0.1) is 6.26 Å². The summed E-state index contributed by atoms with van der Waals surface area (Å²) in [5.41, 5.74) is 0. The zero-order valence-electron chi connectivity index (χ0n) is 16.0. The molecule has 0 aromatic rings. The molecule has 0 aliphatic rings. The Bertz CT molecular complexity index is 339. The van der Waals surface area contributed by atoms with Crippen LogP contribution in [0.4, 0.5) is 0 Å². The minimum Gasteiger partial charge on any atom is -0.481 e. The first kappa shape index (κ1) is 23.7. The van der Waals surface area contributed by atoms with Gasteiger partial charge in [-0.25, -0.2) is 0 Å². The lowest BCUT2D eigenvalue weighted by Crippen LogP contribution is -1.98. The molecule has 0 amide bonds. The average molecular weight is 355 g/mol. The number of ether oxygens (including phenoxy) is 1. The zero-order chi connectivity index (χ0) is 18.6. The lowest BCUT2D eigenvalue weighted by Gasteiger charge is -2.03. The van der Waals surface area contributed by atoms with Gasteiger partial charge in [-0.3, -0.25) is 9.59 Å². The highest BCUT2D eigenvalue weighted by molar-refractivity contribution is 5.69. The molecule has 0 rings (SSSR count). The highest BCUT2D eigenvalue weighted by atomic mass is 16.5. The number of carbonyl (C=O) groups is 2. The van der Waals surface area contributed by atoms with Crippen molar-refractivity contribution >= 4 is 11.9 Å². The van der Waals surface area contributed by atoms with Crippen molar-refractivity contribution in [2.24, 2.45) is 0 Å². The van der Waals surface area contributed by atoms with Gasteiger partial charge in [0.1, 0.15) is 0 Å². The van der Waals surface area contributed by atoms with E-state index in [0.29, 0.717) is 12.8 Å². The smallest absolute Gasteiger partial charge is 0.310 e. The Morgan fingerprint density at radius 1 is 0.640 bits per heavy atom. The third kappa shape index (κ3) is 20.6. The van der Waals surface area contributed by atoms with E-state index in [1.165, 1.54) is 76.9 Å². The molecule has 0 fully saturated rings. The van der Waals surface area contributed by atoms with Crippen LogP contribution in [0.1, 0.15) is 109 Å². The van der Waals surface area contributed by atoms with Crippen molar-refractivity contribution in [2.75, 3.05) is 0 Å². The molecule has 0 unspecified atom stereocenters. The maximum Gasteiger partial charge on any atom is 0.310 e. The van der Waals surface area contributed by atoms with E-state index in [2.05, 4.69) is 11.3 Å². The molecule has 1 N–H and O–H groups in total. The SMILES string of the molecule is C=COC(=O)CCCCCCCCCCCCCCCCCC(=O)O. The Balaban J connectivity index is 3.06. The van der Waals surface area contributed by atoms with Crippen molar-refractivity contribution in [2.45, 2.75) is 109 Å². The van der Waals surface area contributed by atoms with Crippen molar-refractivity contribution in [1.82, 2.24) is 0 Å². The number of hydrogen-bond acceptors (Lipinski definition) is 3. The number of hydrogen-bond donors (Lipinski definition) is 1. The van der Waals surface area contributed by atoms with Gasteiger partial charge in [0.15, 0.2) is 0 Å². The summed E-state index contributed by atoms with van der Waals surface area (Å²) in [5, 5.41) is 8.55. The van der Waals surface area contributed by atoms with Gasteiger partial charge in [-0.2, -0.15) is 0 Å². The minimum atomic E-state index is -0.673. The van der Waals surface area contributed by atoms with Crippen LogP contribution >= 0.6 is 0 Å². The van der Waals surface area contributed by atoms with Crippen LogP contribution in [0.3, 0.4) is 0 Å². The average Bonchev–Trinajstić information content (AvgIpc) is 2.57. The predicted octanol–water partition coefficient (Wildman–Crippen LogP) is 6.39. The van der Waals surface area contributed by atoms with E-state index in [-0.39, 0.29) is 5.97 Å². The molecule has 0 saturated carbocycles. The second kappa shape index (κ2) is 19.0. The molecule has 0 atom stereocenters. The van der Waals surface area contributed by atoms with E-state index in [0.717, 1.165) is 25.7 Å². The molecule has 0 aromatic heterocycles. The molecule has 25 heavy (non-hydrogen) atoms. The lowest BCUT2D eigenvalue weighted by molar-refractivity contribution is -0.138. The summed E-state index contributed by atoms with van der Waals surface area (Å²) in [6.45, 7) is 3.37. The summed E-state index contributed by atoms with van der Waals surface area (Å²) in [7, 11) is 0. The predicted molar refractivity (Wildman–Crippen MR) is 102 cm³/mol. The first-order valence-electron chi connectivity index (χ1n) is 10.2. The van der Waals surface area contributed by atoms with Crippen LogP contribution in [0, 0.1) is 0 Å². The molecule has 0 aliphatic carbocycles. The quantitative estimate of drug-likeness (QED) is 0.166. The van der Waals surface area contributed by atoms with E-state index in [1.54, 1.807) is 0 Å². The van der Waals surface area contributed by atoms with E-state index >= 15 is 0 Å². The van der Waals surface area contributed by atoms with Crippen molar-refractivity contribution in [3.63, 3.8) is 0 Å². The molecule has 4 nitrogen and oxygen atoms in total. The first-order valence-corrected chi connectivity index (χ1v) is 10.2. The second-order valence-electron chi connectivity index (χ2n) is 6.85. The van der Waals surface area contributed by atoms with Crippen molar-refractivity contribution in [1.29, 1.82) is 0 Å². The zero-order valence-corrected chi connectivity index (χ0v) is 16.0. The summed E-state index contributed by atoms with van der Waals surface area (Å²) in [6, 6.07) is 0. The molecule has 0 spiro atoms. The van der Waals surface area contributed by atoms with Crippen LogP contribution in [-0.2, 0) is 14.3 Å². The topological polar surface area (TPSA) is 63.6 Å². The number of unbranched alkanes of at least 4 members (excludes halogenated alkanes) is 14. The Hall–Kier alpha value is -1.32. The Morgan fingerprint density at radius 3 is 1.28 bits per heavy atom. The van der Waals surface area contributed by atoms with Gasteiger partial charge in [-0.05, 0) is 12.8 Å². The highest BCUT2D eigenvalue weighted by Crippen LogP contribution is 2.14. The summed E-state index contributed by atoms with van der Waals surface area (Å²) in [4.78, 5) is 21.5. The van der Waals surface area contributed by atoms with Gasteiger partial charge in [0.2, 0.25) is 0 Å². The van der Waals surface area contributed by atoms with Crippen LogP contribution in [0.25, 0.3) is 0 Å². The summed E-state index contributed by atoms with van der Waals surface area (Å²) >= 11 is 0. The summed E-state index contributed by atoms with van der Waals surface area (Å²) in [5.74, 6) is -0.844. The maximum atomic E-state index is 11.1. The molecule has 0 radical (unpaired) electrons. The van der Waals surface area contributed by atoms with Crippen LogP contribution in [-0.4, -0.2) is 17.0 Å². The molecular formula is C21H38O4. The number of esters is 1. The Labute approximate surface area is 154 Å². The van der Waals surface area contributed by atoms with Crippen LogP contribution in [0.5, 0.6) is 0 Å². The molecule has 0 bridgehead atoms. The lowest BCUT2D eigenvalue weighted by atomic mass is 10.0.